The molecule has 3 aliphatic heterocycles. The summed E-state index contributed by atoms with van der Waals surface area (Å²) in [5.74, 6) is -2.69. The number of Topliss-reactive ketones (excluding diaryl/α,β-unsaturated/α-hetero) is 1. The summed E-state index contributed by atoms with van der Waals surface area (Å²) in [6, 6.07) is 16.3. The van der Waals surface area contributed by atoms with Crippen molar-refractivity contribution >= 4 is 50.1 Å². The van der Waals surface area contributed by atoms with E-state index in [4.69, 9.17) is 4.74 Å². The minimum atomic E-state index is -4.36. The van der Waals surface area contributed by atoms with Crippen LogP contribution < -0.4 is 14.4 Å². The van der Waals surface area contributed by atoms with E-state index in [1.165, 1.54) is 6.20 Å². The van der Waals surface area contributed by atoms with E-state index >= 15 is 8.78 Å². The topological polar surface area (TPSA) is 145 Å². The van der Waals surface area contributed by atoms with Crippen molar-refractivity contribution in [3.63, 3.8) is 0 Å². The van der Waals surface area contributed by atoms with Gasteiger partial charge in [0.05, 0.1) is 23.9 Å². The van der Waals surface area contributed by atoms with Gasteiger partial charge in [-0.05, 0) is 85.3 Å². The number of H-pyrrole nitrogens is 1. The van der Waals surface area contributed by atoms with E-state index in [1.54, 1.807) is 23.2 Å². The first-order valence-corrected chi connectivity index (χ1v) is 21.3. The summed E-state index contributed by atoms with van der Waals surface area (Å²) in [7, 11) is -4.36. The first-order valence-electron chi connectivity index (χ1n) is 19.9. The lowest BCUT2D eigenvalue weighted by molar-refractivity contribution is -0.124. The molecule has 1 amide bonds. The molecule has 2 aromatic heterocycles. The molecule has 310 valence electrons. The molecule has 9 rings (SSSR count). The molecule has 5 aromatic rings. The monoisotopic (exact) mass is 838 g/mol. The van der Waals surface area contributed by atoms with E-state index in [2.05, 4.69) is 21.4 Å². The third-order valence-corrected chi connectivity index (χ3v) is 13.4. The summed E-state index contributed by atoms with van der Waals surface area (Å²) in [5, 5.41) is 0.318. The molecule has 2 saturated heterocycles. The third kappa shape index (κ3) is 7.42. The Morgan fingerprint density at radius 1 is 0.983 bits per heavy atom. The Kier molecular flexibility index (Phi) is 10.2. The highest BCUT2D eigenvalue weighted by Gasteiger charge is 2.38. The number of carbonyl (C=O) groups is 3. The number of pyridine rings is 1. The lowest BCUT2D eigenvalue weighted by atomic mass is 9.90. The SMILES string of the molecule is C=C1CCC(N2Cc3cc(OC[C@@H]4CCN(c5ccc(-c6cnc7[nH]cc(C(=O)c8c(F)ccc(NS(=O)(=O)N9CC[C@@H](F)C9)c8F)c7c6)cc5)C4)ccc3C2=O)C(=O)C1. The third-order valence-electron chi connectivity index (χ3n) is 12.0. The van der Waals surface area contributed by atoms with Gasteiger partial charge in [0, 0.05) is 85.2 Å². The van der Waals surface area contributed by atoms with Crippen molar-refractivity contribution in [3.8, 4) is 16.9 Å². The van der Waals surface area contributed by atoms with Gasteiger partial charge < -0.3 is 19.5 Å². The molecular weight excluding hydrogens is 798 g/mol. The van der Waals surface area contributed by atoms with Crippen molar-refractivity contribution in [2.24, 2.45) is 5.92 Å². The molecule has 3 aromatic carbocycles. The van der Waals surface area contributed by atoms with E-state index in [0.717, 1.165) is 64.8 Å². The fourth-order valence-corrected chi connectivity index (χ4v) is 9.93. The highest BCUT2D eigenvalue weighted by atomic mass is 32.2. The van der Waals surface area contributed by atoms with Crippen LogP contribution in [0.4, 0.5) is 24.5 Å². The number of amides is 1. The number of nitrogens with one attached hydrogen (secondary N) is 2. The maximum Gasteiger partial charge on any atom is 0.301 e. The number of anilines is 2. The Hall–Kier alpha value is -6.00. The molecular formula is C44H41F3N6O6S. The predicted octanol–water partition coefficient (Wildman–Crippen LogP) is 6.98. The van der Waals surface area contributed by atoms with Gasteiger partial charge in [-0.2, -0.15) is 12.7 Å². The number of allylic oxidation sites excluding steroid dienone is 1. The molecule has 0 bridgehead atoms. The fourth-order valence-electron chi connectivity index (χ4n) is 8.66. The molecule has 1 saturated carbocycles. The van der Waals surface area contributed by atoms with Crippen molar-refractivity contribution < 1.29 is 40.7 Å². The van der Waals surface area contributed by atoms with Gasteiger partial charge in [-0.3, -0.25) is 19.1 Å². The van der Waals surface area contributed by atoms with Gasteiger partial charge in [-0.1, -0.05) is 24.3 Å². The Balaban J connectivity index is 0.842. The molecule has 60 heavy (non-hydrogen) atoms. The van der Waals surface area contributed by atoms with Gasteiger partial charge in [-0.25, -0.2) is 18.2 Å². The standard InChI is InChI=1S/C44H41F3N6O6S/c1-25-2-11-38(39(54)16-25)53-22-29-17-32(7-8-33(29)44(53)56)59-24-26-12-14-51(21-26)31-5-3-27(4-6-31)28-18-34-35(20-49-43(34)48-19-28)42(55)40-36(46)9-10-37(41(40)47)50-60(57,58)52-15-13-30(45)23-52/h3-10,17-20,26,30,38,50H,1-2,11-16,21-24H2,(H,48,49)/t26-,30-,38?/m1/s1. The second kappa shape index (κ2) is 15.6. The van der Waals surface area contributed by atoms with Crippen molar-refractivity contribution in [1.29, 1.82) is 0 Å². The fraction of sp³-hybridized carbons (Fsp3) is 0.318. The molecule has 0 radical (unpaired) electrons. The number of aromatic amines is 1. The van der Waals surface area contributed by atoms with Crippen LogP contribution in [0, 0.1) is 17.6 Å². The maximum absolute atomic E-state index is 15.7. The minimum Gasteiger partial charge on any atom is -0.493 e. The number of rotatable bonds is 11. The maximum atomic E-state index is 15.7. The first-order chi connectivity index (χ1) is 28.8. The lowest BCUT2D eigenvalue weighted by Gasteiger charge is -2.30. The average Bonchev–Trinajstić information content (AvgIpc) is 4.05. The molecule has 12 nitrogen and oxygen atoms in total. The second-order valence-corrected chi connectivity index (χ2v) is 17.6. The molecule has 4 aliphatic rings. The van der Waals surface area contributed by atoms with Crippen LogP contribution in [0.3, 0.4) is 0 Å². The number of alkyl halides is 1. The van der Waals surface area contributed by atoms with E-state index < -0.39 is 57.6 Å². The van der Waals surface area contributed by atoms with E-state index in [-0.39, 0.29) is 36.1 Å². The van der Waals surface area contributed by atoms with E-state index in [0.29, 0.717) is 53.9 Å². The van der Waals surface area contributed by atoms with Gasteiger partial charge in [0.25, 0.3) is 5.91 Å². The van der Waals surface area contributed by atoms with Crippen LogP contribution in [0.1, 0.15) is 63.9 Å². The van der Waals surface area contributed by atoms with Crippen LogP contribution >= 0.6 is 0 Å². The molecule has 16 heteroatoms. The Labute approximate surface area is 344 Å². The van der Waals surface area contributed by atoms with Crippen molar-refractivity contribution in [1.82, 2.24) is 19.2 Å². The van der Waals surface area contributed by atoms with E-state index in [9.17, 15) is 27.2 Å². The van der Waals surface area contributed by atoms with Gasteiger partial charge in [-0.15, -0.1) is 0 Å². The Bertz CT molecular complexity index is 2690. The lowest BCUT2D eigenvalue weighted by Crippen LogP contribution is -2.43. The quantitative estimate of drug-likeness (QED) is 0.107. The molecule has 3 fully saturated rings. The molecule has 3 atom stereocenters. The summed E-state index contributed by atoms with van der Waals surface area (Å²) < 4.78 is 79.2. The Morgan fingerprint density at radius 3 is 2.57 bits per heavy atom. The number of nitrogens with zero attached hydrogens (tertiary/aromatic N) is 4. The Morgan fingerprint density at radius 2 is 1.80 bits per heavy atom. The smallest absolute Gasteiger partial charge is 0.301 e. The van der Waals surface area contributed by atoms with Gasteiger partial charge in [0.2, 0.25) is 5.78 Å². The second-order valence-electron chi connectivity index (χ2n) is 15.9. The van der Waals surface area contributed by atoms with Crippen molar-refractivity contribution in [3.05, 3.63) is 119 Å². The van der Waals surface area contributed by atoms with Gasteiger partial charge in [0.1, 0.15) is 23.4 Å². The number of ether oxygens (including phenoxy) is 1. The summed E-state index contributed by atoms with van der Waals surface area (Å²) >= 11 is 0. The first kappa shape index (κ1) is 39.5. The van der Waals surface area contributed by atoms with Crippen LogP contribution in [-0.2, 0) is 21.5 Å². The number of carbonyl (C=O) groups excluding carboxylic acids is 3. The zero-order valence-electron chi connectivity index (χ0n) is 32.4. The van der Waals surface area contributed by atoms with Crippen LogP contribution in [0.2, 0.25) is 0 Å². The summed E-state index contributed by atoms with van der Waals surface area (Å²) in [6.07, 6.45) is 4.18. The van der Waals surface area contributed by atoms with Crippen LogP contribution in [0.5, 0.6) is 5.75 Å². The van der Waals surface area contributed by atoms with Crippen LogP contribution in [-0.4, -0.2) is 90.1 Å². The highest BCUT2D eigenvalue weighted by molar-refractivity contribution is 7.90. The van der Waals surface area contributed by atoms with Crippen LogP contribution in [0.15, 0.2) is 85.2 Å². The predicted molar refractivity (Wildman–Crippen MR) is 219 cm³/mol. The van der Waals surface area contributed by atoms with Crippen molar-refractivity contribution in [2.45, 2.75) is 50.9 Å². The number of benzene rings is 3. The molecule has 0 spiro atoms. The van der Waals surface area contributed by atoms with Gasteiger partial charge in [0.15, 0.2) is 11.6 Å². The molecule has 5 heterocycles. The number of halogens is 3. The highest BCUT2D eigenvalue weighted by Crippen LogP contribution is 2.35. The zero-order chi connectivity index (χ0) is 41.9. The normalized spacial score (nSPS) is 21.0. The average molecular weight is 839 g/mol. The van der Waals surface area contributed by atoms with Gasteiger partial charge >= 0.3 is 10.2 Å². The zero-order valence-corrected chi connectivity index (χ0v) is 33.2. The summed E-state index contributed by atoms with van der Waals surface area (Å²) in [5.41, 5.74) is 3.54. The minimum absolute atomic E-state index is 0.000789. The summed E-state index contributed by atoms with van der Waals surface area (Å²) in [6.45, 7) is 5.95. The molecule has 1 aliphatic carbocycles. The number of fused-ring (bicyclic) bond motifs is 2. The molecule has 1 unspecified atom stereocenters. The number of ketones is 2. The number of hydrogen-bond acceptors (Lipinski definition) is 8. The van der Waals surface area contributed by atoms with E-state index in [1.807, 2.05) is 41.1 Å². The summed E-state index contributed by atoms with van der Waals surface area (Å²) in [4.78, 5) is 50.8. The van der Waals surface area contributed by atoms with Crippen LogP contribution in [0.25, 0.3) is 22.2 Å². The molecule has 2 N–H and O–H groups in total. The number of hydrogen-bond donors (Lipinski definition) is 2. The largest absolute Gasteiger partial charge is 0.493 e. The number of aromatic nitrogens is 2. The van der Waals surface area contributed by atoms with Crippen molar-refractivity contribution in [2.75, 3.05) is 42.4 Å².